The molecular formula is C16H14F2N2O2. The standard InChI is InChI=1S/C16H14F2N2O2/c17-12-8-13(18)10-14(9-12)20-15(21)6-7-19-16(22)11-4-2-1-3-5-11/h1-5,8-10H,6-7H2,(H,19,22)(H,20,21). The van der Waals surface area contributed by atoms with E-state index in [0.717, 1.165) is 18.2 Å². The molecule has 22 heavy (non-hydrogen) atoms. The Kier molecular flexibility index (Phi) is 5.19. The molecule has 0 heterocycles. The van der Waals surface area contributed by atoms with E-state index in [1.54, 1.807) is 30.3 Å². The number of benzene rings is 2. The van der Waals surface area contributed by atoms with Crippen molar-refractivity contribution >= 4 is 17.5 Å². The lowest BCUT2D eigenvalue weighted by atomic mass is 10.2. The molecule has 2 aromatic carbocycles. The van der Waals surface area contributed by atoms with Gasteiger partial charge in [0, 0.05) is 30.3 Å². The molecule has 114 valence electrons. The van der Waals surface area contributed by atoms with E-state index in [-0.39, 0.29) is 24.6 Å². The van der Waals surface area contributed by atoms with E-state index >= 15 is 0 Å². The maximum atomic E-state index is 13.0. The summed E-state index contributed by atoms with van der Waals surface area (Å²) in [7, 11) is 0. The second kappa shape index (κ2) is 7.31. The molecule has 0 aliphatic carbocycles. The van der Waals surface area contributed by atoms with Gasteiger partial charge in [0.05, 0.1) is 0 Å². The smallest absolute Gasteiger partial charge is 0.251 e. The number of hydrogen-bond donors (Lipinski definition) is 2. The van der Waals surface area contributed by atoms with Crippen molar-refractivity contribution in [3.63, 3.8) is 0 Å². The summed E-state index contributed by atoms with van der Waals surface area (Å²) < 4.78 is 26.0. The highest BCUT2D eigenvalue weighted by Crippen LogP contribution is 2.12. The summed E-state index contributed by atoms with van der Waals surface area (Å²) in [4.78, 5) is 23.4. The molecule has 2 aromatic rings. The minimum atomic E-state index is -0.771. The zero-order chi connectivity index (χ0) is 15.9. The number of carbonyl (C=O) groups is 2. The van der Waals surface area contributed by atoms with Crippen molar-refractivity contribution in [3.05, 3.63) is 65.7 Å². The van der Waals surface area contributed by atoms with Gasteiger partial charge in [-0.15, -0.1) is 0 Å². The highest BCUT2D eigenvalue weighted by atomic mass is 19.1. The summed E-state index contributed by atoms with van der Waals surface area (Å²) in [6.45, 7) is 0.122. The fourth-order valence-electron chi connectivity index (χ4n) is 1.83. The van der Waals surface area contributed by atoms with Gasteiger partial charge in [0.25, 0.3) is 5.91 Å². The van der Waals surface area contributed by atoms with Gasteiger partial charge in [-0.05, 0) is 24.3 Å². The van der Waals surface area contributed by atoms with Crippen molar-refractivity contribution in [2.75, 3.05) is 11.9 Å². The summed E-state index contributed by atoms with van der Waals surface area (Å²) in [6.07, 6.45) is -0.00327. The normalized spacial score (nSPS) is 10.1. The number of hydrogen-bond acceptors (Lipinski definition) is 2. The van der Waals surface area contributed by atoms with E-state index in [0.29, 0.717) is 5.56 Å². The third-order valence-electron chi connectivity index (χ3n) is 2.82. The molecule has 0 atom stereocenters. The van der Waals surface area contributed by atoms with E-state index in [1.165, 1.54) is 0 Å². The van der Waals surface area contributed by atoms with Crippen molar-refractivity contribution in [1.82, 2.24) is 5.32 Å². The van der Waals surface area contributed by atoms with E-state index < -0.39 is 17.5 Å². The predicted molar refractivity (Wildman–Crippen MR) is 78.4 cm³/mol. The van der Waals surface area contributed by atoms with Gasteiger partial charge in [-0.3, -0.25) is 9.59 Å². The van der Waals surface area contributed by atoms with Gasteiger partial charge < -0.3 is 10.6 Å². The monoisotopic (exact) mass is 304 g/mol. The predicted octanol–water partition coefficient (Wildman–Crippen LogP) is 2.72. The lowest BCUT2D eigenvalue weighted by molar-refractivity contribution is -0.116. The van der Waals surface area contributed by atoms with Gasteiger partial charge in [-0.1, -0.05) is 18.2 Å². The van der Waals surface area contributed by atoms with Crippen LogP contribution >= 0.6 is 0 Å². The molecule has 0 aliphatic heterocycles. The lowest BCUT2D eigenvalue weighted by Gasteiger charge is -2.07. The van der Waals surface area contributed by atoms with Crippen LogP contribution < -0.4 is 10.6 Å². The maximum Gasteiger partial charge on any atom is 0.251 e. The summed E-state index contributed by atoms with van der Waals surface area (Å²) in [5, 5.41) is 4.96. The van der Waals surface area contributed by atoms with Crippen LogP contribution in [0.3, 0.4) is 0 Å². The number of carbonyl (C=O) groups excluding carboxylic acids is 2. The highest BCUT2D eigenvalue weighted by molar-refractivity contribution is 5.95. The third-order valence-corrected chi connectivity index (χ3v) is 2.82. The second-order valence-electron chi connectivity index (χ2n) is 4.58. The minimum absolute atomic E-state index is 0.00327. The van der Waals surface area contributed by atoms with E-state index in [4.69, 9.17) is 0 Å². The topological polar surface area (TPSA) is 58.2 Å². The molecule has 6 heteroatoms. The zero-order valence-electron chi connectivity index (χ0n) is 11.6. The molecule has 2 rings (SSSR count). The molecule has 0 radical (unpaired) electrons. The quantitative estimate of drug-likeness (QED) is 0.892. The molecule has 0 saturated carbocycles. The molecule has 2 N–H and O–H groups in total. The van der Waals surface area contributed by atoms with E-state index in [2.05, 4.69) is 10.6 Å². The first-order valence-electron chi connectivity index (χ1n) is 6.64. The summed E-state index contributed by atoms with van der Waals surface area (Å²) >= 11 is 0. The molecule has 4 nitrogen and oxygen atoms in total. The molecule has 0 bridgehead atoms. The Bertz CT molecular complexity index is 655. The van der Waals surface area contributed by atoms with Crippen LogP contribution in [0.2, 0.25) is 0 Å². The van der Waals surface area contributed by atoms with E-state index in [1.807, 2.05) is 0 Å². The average molecular weight is 304 g/mol. The molecular weight excluding hydrogens is 290 g/mol. The Hall–Kier alpha value is -2.76. The molecule has 2 amide bonds. The Morgan fingerprint density at radius 1 is 0.955 bits per heavy atom. The minimum Gasteiger partial charge on any atom is -0.352 e. The van der Waals surface area contributed by atoms with Crippen LogP contribution in [0.25, 0.3) is 0 Å². The van der Waals surface area contributed by atoms with Crippen LogP contribution in [0.5, 0.6) is 0 Å². The summed E-state index contributed by atoms with van der Waals surface area (Å²) in [5.41, 5.74) is 0.534. The first-order valence-corrected chi connectivity index (χ1v) is 6.64. The van der Waals surface area contributed by atoms with Crippen LogP contribution in [-0.4, -0.2) is 18.4 Å². The Morgan fingerprint density at radius 3 is 2.23 bits per heavy atom. The lowest BCUT2D eigenvalue weighted by Crippen LogP contribution is -2.27. The SMILES string of the molecule is O=C(CCNC(=O)c1ccccc1)Nc1cc(F)cc(F)c1. The second-order valence-corrected chi connectivity index (χ2v) is 4.58. The largest absolute Gasteiger partial charge is 0.352 e. The van der Waals surface area contributed by atoms with Crippen molar-refractivity contribution in [1.29, 1.82) is 0 Å². The zero-order valence-corrected chi connectivity index (χ0v) is 11.6. The number of anilines is 1. The Balaban J connectivity index is 1.79. The highest BCUT2D eigenvalue weighted by Gasteiger charge is 2.07. The number of rotatable bonds is 5. The number of nitrogens with one attached hydrogen (secondary N) is 2. The molecule has 0 aromatic heterocycles. The molecule has 0 saturated heterocycles. The van der Waals surface area contributed by atoms with Gasteiger partial charge in [-0.25, -0.2) is 8.78 Å². The van der Waals surface area contributed by atoms with Gasteiger partial charge >= 0.3 is 0 Å². The van der Waals surface area contributed by atoms with Gasteiger partial charge in [0.2, 0.25) is 5.91 Å². The summed E-state index contributed by atoms with van der Waals surface area (Å²) in [5.74, 6) is -2.27. The molecule has 0 unspecified atom stereocenters. The van der Waals surface area contributed by atoms with Crippen molar-refractivity contribution < 1.29 is 18.4 Å². The molecule has 0 aliphatic rings. The number of halogens is 2. The molecule has 0 fully saturated rings. The molecule has 0 spiro atoms. The van der Waals surface area contributed by atoms with Gasteiger partial charge in [0.15, 0.2) is 0 Å². The summed E-state index contributed by atoms with van der Waals surface area (Å²) in [6, 6.07) is 11.3. The van der Waals surface area contributed by atoms with Crippen LogP contribution in [-0.2, 0) is 4.79 Å². The Morgan fingerprint density at radius 2 is 1.59 bits per heavy atom. The van der Waals surface area contributed by atoms with Crippen LogP contribution in [0.4, 0.5) is 14.5 Å². The van der Waals surface area contributed by atoms with Crippen LogP contribution in [0.15, 0.2) is 48.5 Å². The average Bonchev–Trinajstić information content (AvgIpc) is 2.47. The maximum absolute atomic E-state index is 13.0. The van der Waals surface area contributed by atoms with Crippen LogP contribution in [0.1, 0.15) is 16.8 Å². The Labute approximate surface area is 126 Å². The first-order chi connectivity index (χ1) is 10.5. The number of amides is 2. The fraction of sp³-hybridized carbons (Fsp3) is 0.125. The van der Waals surface area contributed by atoms with Gasteiger partial charge in [-0.2, -0.15) is 0 Å². The fourth-order valence-corrected chi connectivity index (χ4v) is 1.83. The van der Waals surface area contributed by atoms with Crippen molar-refractivity contribution in [3.8, 4) is 0 Å². The van der Waals surface area contributed by atoms with Gasteiger partial charge in [0.1, 0.15) is 11.6 Å². The van der Waals surface area contributed by atoms with Crippen molar-refractivity contribution in [2.24, 2.45) is 0 Å². The van der Waals surface area contributed by atoms with Crippen molar-refractivity contribution in [2.45, 2.75) is 6.42 Å². The first kappa shape index (κ1) is 15.6. The van der Waals surface area contributed by atoms with E-state index in [9.17, 15) is 18.4 Å². The van der Waals surface area contributed by atoms with Crippen LogP contribution in [0, 0.1) is 11.6 Å². The third kappa shape index (κ3) is 4.66.